The fourth-order valence-corrected chi connectivity index (χ4v) is 4.19. The van der Waals surface area contributed by atoms with Crippen LogP contribution in [0, 0.1) is 5.92 Å². The normalized spacial score (nSPS) is 14.3. The average Bonchev–Trinajstić information content (AvgIpc) is 3.30. The maximum atomic E-state index is 12.3. The van der Waals surface area contributed by atoms with Crippen LogP contribution in [0.4, 0.5) is 17.1 Å². The number of para-hydroxylation sites is 2. The van der Waals surface area contributed by atoms with Gasteiger partial charge in [0.2, 0.25) is 5.91 Å². The van der Waals surface area contributed by atoms with Crippen LogP contribution in [0.5, 0.6) is 0 Å². The van der Waals surface area contributed by atoms with Crippen molar-refractivity contribution < 1.29 is 4.79 Å². The summed E-state index contributed by atoms with van der Waals surface area (Å²) >= 11 is 0. The van der Waals surface area contributed by atoms with Crippen LogP contribution in [-0.4, -0.2) is 10.9 Å². The predicted molar refractivity (Wildman–Crippen MR) is 120 cm³/mol. The summed E-state index contributed by atoms with van der Waals surface area (Å²) in [6, 6.07) is 24.3. The zero-order valence-electron chi connectivity index (χ0n) is 16.2. The third kappa shape index (κ3) is 3.54. The van der Waals surface area contributed by atoms with Crippen molar-refractivity contribution in [1.29, 1.82) is 0 Å². The zero-order valence-corrected chi connectivity index (χ0v) is 16.2. The number of nitrogens with one attached hydrogen (secondary N) is 2. The van der Waals surface area contributed by atoms with E-state index in [9.17, 15) is 4.79 Å². The standard InChI is InChI=1S/C25H23N3O/c29-25(17-7-1-2-8-17)27-19-15-13-18(14-16-19)26-24-20-9-3-5-11-22(20)28-23-12-6-4-10-21(23)24/h3-6,9-17H,1-2,7-8H2,(H,26,28)(H,27,29). The predicted octanol–water partition coefficient (Wildman–Crippen LogP) is 6.26. The van der Waals surface area contributed by atoms with Gasteiger partial charge in [-0.1, -0.05) is 49.2 Å². The van der Waals surface area contributed by atoms with Crippen molar-refractivity contribution in [1.82, 2.24) is 4.98 Å². The van der Waals surface area contributed by atoms with E-state index in [1.165, 1.54) is 0 Å². The second kappa shape index (κ2) is 7.55. The molecule has 1 heterocycles. The maximum Gasteiger partial charge on any atom is 0.227 e. The summed E-state index contributed by atoms with van der Waals surface area (Å²) in [4.78, 5) is 17.1. The Hall–Kier alpha value is -3.40. The molecule has 0 spiro atoms. The largest absolute Gasteiger partial charge is 0.354 e. The Morgan fingerprint density at radius 2 is 1.31 bits per heavy atom. The van der Waals surface area contributed by atoms with Gasteiger partial charge in [0, 0.05) is 28.1 Å². The van der Waals surface area contributed by atoms with Gasteiger partial charge in [0.25, 0.3) is 0 Å². The van der Waals surface area contributed by atoms with Crippen LogP contribution in [0.3, 0.4) is 0 Å². The van der Waals surface area contributed by atoms with E-state index in [-0.39, 0.29) is 11.8 Å². The molecule has 1 aliphatic rings. The fourth-order valence-electron chi connectivity index (χ4n) is 4.19. The molecule has 3 aromatic carbocycles. The summed E-state index contributed by atoms with van der Waals surface area (Å²) in [6.45, 7) is 0. The topological polar surface area (TPSA) is 54.0 Å². The number of amides is 1. The number of fused-ring (bicyclic) bond motifs is 2. The second-order valence-corrected chi connectivity index (χ2v) is 7.69. The SMILES string of the molecule is O=C(Nc1ccc(Nc2c3ccccc3nc3ccccc23)cc1)C1CCCC1. The van der Waals surface area contributed by atoms with Crippen LogP contribution in [0.15, 0.2) is 72.8 Å². The maximum absolute atomic E-state index is 12.3. The lowest BCUT2D eigenvalue weighted by atomic mass is 10.1. The lowest BCUT2D eigenvalue weighted by Crippen LogP contribution is -2.20. The number of rotatable bonds is 4. The van der Waals surface area contributed by atoms with Crippen LogP contribution >= 0.6 is 0 Å². The Balaban J connectivity index is 1.44. The first kappa shape index (κ1) is 17.7. The van der Waals surface area contributed by atoms with Gasteiger partial charge in [0.15, 0.2) is 0 Å². The number of hydrogen-bond donors (Lipinski definition) is 2. The van der Waals surface area contributed by atoms with Crippen molar-refractivity contribution >= 4 is 44.8 Å². The van der Waals surface area contributed by atoms with E-state index in [2.05, 4.69) is 22.8 Å². The molecule has 4 aromatic rings. The molecule has 0 saturated heterocycles. The van der Waals surface area contributed by atoms with Crippen LogP contribution in [0.2, 0.25) is 0 Å². The smallest absolute Gasteiger partial charge is 0.227 e. The van der Waals surface area contributed by atoms with Crippen LogP contribution < -0.4 is 10.6 Å². The molecule has 0 atom stereocenters. The highest BCUT2D eigenvalue weighted by Gasteiger charge is 2.22. The Labute approximate surface area is 170 Å². The molecule has 4 heteroatoms. The first-order chi connectivity index (χ1) is 14.3. The van der Waals surface area contributed by atoms with Crippen molar-refractivity contribution in [2.45, 2.75) is 25.7 Å². The fraction of sp³-hybridized carbons (Fsp3) is 0.200. The molecule has 4 nitrogen and oxygen atoms in total. The van der Waals surface area contributed by atoms with E-state index in [1.807, 2.05) is 60.7 Å². The van der Waals surface area contributed by atoms with Gasteiger partial charge in [-0.25, -0.2) is 4.98 Å². The average molecular weight is 381 g/mol. The third-order valence-electron chi connectivity index (χ3n) is 5.74. The molecule has 1 amide bonds. The molecule has 1 fully saturated rings. The van der Waals surface area contributed by atoms with Gasteiger partial charge >= 0.3 is 0 Å². The number of aromatic nitrogens is 1. The quantitative estimate of drug-likeness (QED) is 0.410. The number of anilines is 3. The number of carbonyl (C=O) groups excluding carboxylic acids is 1. The molecule has 1 aliphatic carbocycles. The van der Waals surface area contributed by atoms with E-state index in [1.54, 1.807) is 0 Å². The summed E-state index contributed by atoms with van der Waals surface area (Å²) in [7, 11) is 0. The number of pyridine rings is 1. The van der Waals surface area contributed by atoms with Gasteiger partial charge in [-0.3, -0.25) is 4.79 Å². The van der Waals surface area contributed by atoms with Gasteiger partial charge in [0.05, 0.1) is 16.7 Å². The highest BCUT2D eigenvalue weighted by molar-refractivity contribution is 6.08. The van der Waals surface area contributed by atoms with Gasteiger partial charge in [-0.05, 0) is 49.2 Å². The van der Waals surface area contributed by atoms with Gasteiger partial charge in [-0.2, -0.15) is 0 Å². The Morgan fingerprint density at radius 1 is 0.759 bits per heavy atom. The zero-order chi connectivity index (χ0) is 19.6. The molecule has 0 unspecified atom stereocenters. The van der Waals surface area contributed by atoms with Crippen LogP contribution in [0.25, 0.3) is 21.8 Å². The lowest BCUT2D eigenvalue weighted by Gasteiger charge is -2.14. The number of carbonyl (C=O) groups is 1. The summed E-state index contributed by atoms with van der Waals surface area (Å²) in [5.41, 5.74) is 4.81. The monoisotopic (exact) mass is 381 g/mol. The molecule has 5 rings (SSSR count). The molecule has 29 heavy (non-hydrogen) atoms. The third-order valence-corrected chi connectivity index (χ3v) is 5.74. The summed E-state index contributed by atoms with van der Waals surface area (Å²) in [5, 5.41) is 8.81. The Bertz CT molecular complexity index is 1120. The van der Waals surface area contributed by atoms with E-state index in [4.69, 9.17) is 4.98 Å². The van der Waals surface area contributed by atoms with E-state index >= 15 is 0 Å². The molecule has 0 aliphatic heterocycles. The molecule has 1 saturated carbocycles. The second-order valence-electron chi connectivity index (χ2n) is 7.69. The minimum atomic E-state index is 0.148. The minimum absolute atomic E-state index is 0.148. The van der Waals surface area contributed by atoms with E-state index in [0.29, 0.717) is 0 Å². The number of hydrogen-bond acceptors (Lipinski definition) is 3. The van der Waals surface area contributed by atoms with Crippen molar-refractivity contribution in [2.24, 2.45) is 5.92 Å². The molecular weight excluding hydrogens is 358 g/mol. The van der Waals surface area contributed by atoms with Crippen LogP contribution in [0.1, 0.15) is 25.7 Å². The van der Waals surface area contributed by atoms with Crippen molar-refractivity contribution in [2.75, 3.05) is 10.6 Å². The molecule has 0 bridgehead atoms. The molecular formula is C25H23N3O. The highest BCUT2D eigenvalue weighted by Crippen LogP contribution is 2.33. The summed E-state index contributed by atoms with van der Waals surface area (Å²) in [6.07, 6.45) is 4.34. The van der Waals surface area contributed by atoms with Crippen molar-refractivity contribution in [3.05, 3.63) is 72.8 Å². The number of benzene rings is 3. The molecule has 1 aromatic heterocycles. The first-order valence-electron chi connectivity index (χ1n) is 10.2. The Kier molecular flexibility index (Phi) is 4.60. The van der Waals surface area contributed by atoms with Crippen molar-refractivity contribution in [3.63, 3.8) is 0 Å². The summed E-state index contributed by atoms with van der Waals surface area (Å²) < 4.78 is 0. The lowest BCUT2D eigenvalue weighted by molar-refractivity contribution is -0.119. The van der Waals surface area contributed by atoms with E-state index < -0.39 is 0 Å². The van der Waals surface area contributed by atoms with Gasteiger partial charge in [-0.15, -0.1) is 0 Å². The highest BCUT2D eigenvalue weighted by atomic mass is 16.1. The Morgan fingerprint density at radius 3 is 1.93 bits per heavy atom. The minimum Gasteiger partial charge on any atom is -0.354 e. The van der Waals surface area contributed by atoms with Gasteiger partial charge in [0.1, 0.15) is 0 Å². The van der Waals surface area contributed by atoms with E-state index in [0.717, 1.165) is 64.6 Å². The van der Waals surface area contributed by atoms with Crippen LogP contribution in [-0.2, 0) is 4.79 Å². The number of nitrogens with zero attached hydrogens (tertiary/aromatic N) is 1. The first-order valence-corrected chi connectivity index (χ1v) is 10.2. The van der Waals surface area contributed by atoms with Crippen molar-refractivity contribution in [3.8, 4) is 0 Å². The molecule has 144 valence electrons. The van der Waals surface area contributed by atoms with Gasteiger partial charge < -0.3 is 10.6 Å². The molecule has 0 radical (unpaired) electrons. The summed E-state index contributed by atoms with van der Waals surface area (Å²) in [5.74, 6) is 0.316. The molecule has 2 N–H and O–H groups in total.